The van der Waals surface area contributed by atoms with Crippen LogP contribution in [0.2, 0.25) is 5.02 Å². The fourth-order valence-corrected chi connectivity index (χ4v) is 3.13. The molecule has 2 aromatic carbocycles. The summed E-state index contributed by atoms with van der Waals surface area (Å²) in [4.78, 5) is 2.37. The van der Waals surface area contributed by atoms with Gasteiger partial charge in [0.15, 0.2) is 0 Å². The first kappa shape index (κ1) is 14.1. The zero-order chi connectivity index (χ0) is 14.8. The maximum atomic E-state index is 6.12. The van der Waals surface area contributed by atoms with Crippen molar-refractivity contribution >= 4 is 23.0 Å². The number of anilines is 2. The van der Waals surface area contributed by atoms with Gasteiger partial charge in [-0.05, 0) is 54.8 Å². The van der Waals surface area contributed by atoms with E-state index in [0.717, 1.165) is 48.0 Å². The molecule has 0 aliphatic carbocycles. The van der Waals surface area contributed by atoms with E-state index in [4.69, 9.17) is 22.1 Å². The lowest BCUT2D eigenvalue weighted by Crippen LogP contribution is -2.29. The van der Waals surface area contributed by atoms with Gasteiger partial charge in [-0.3, -0.25) is 0 Å². The summed E-state index contributed by atoms with van der Waals surface area (Å²) in [5.41, 5.74) is 10.4. The third-order valence-electron chi connectivity index (χ3n) is 3.92. The second kappa shape index (κ2) is 5.86. The molecule has 2 N–H and O–H groups in total. The maximum absolute atomic E-state index is 6.12. The molecule has 0 spiro atoms. The van der Waals surface area contributed by atoms with Gasteiger partial charge < -0.3 is 15.4 Å². The molecule has 0 fully saturated rings. The first-order valence-corrected chi connectivity index (χ1v) is 7.51. The predicted octanol–water partition coefficient (Wildman–Crippen LogP) is 3.88. The van der Waals surface area contributed by atoms with Crippen LogP contribution >= 0.6 is 11.6 Å². The number of nitrogen functional groups attached to an aromatic ring is 1. The van der Waals surface area contributed by atoms with Crippen LogP contribution < -0.4 is 15.4 Å². The third kappa shape index (κ3) is 2.93. The van der Waals surface area contributed by atoms with Gasteiger partial charge in [-0.15, -0.1) is 0 Å². The lowest BCUT2D eigenvalue weighted by atomic mass is 10.00. The van der Waals surface area contributed by atoms with Gasteiger partial charge in [-0.25, -0.2) is 0 Å². The molecule has 0 radical (unpaired) electrons. The summed E-state index contributed by atoms with van der Waals surface area (Å²) in [6.45, 7) is 1.83. The highest BCUT2D eigenvalue weighted by molar-refractivity contribution is 6.30. The van der Waals surface area contributed by atoms with Gasteiger partial charge in [0, 0.05) is 35.1 Å². The average Bonchev–Trinajstić information content (AvgIpc) is 2.47. The number of aryl methyl sites for hydroxylation is 1. The molecule has 0 saturated heterocycles. The van der Waals surface area contributed by atoms with E-state index in [1.54, 1.807) is 7.11 Å². The Kier molecular flexibility index (Phi) is 3.93. The van der Waals surface area contributed by atoms with Gasteiger partial charge in [0.25, 0.3) is 0 Å². The molecule has 0 saturated carbocycles. The minimum Gasteiger partial charge on any atom is -0.496 e. The summed E-state index contributed by atoms with van der Waals surface area (Å²) < 4.78 is 5.44. The van der Waals surface area contributed by atoms with Crippen LogP contribution in [0.4, 0.5) is 11.4 Å². The molecule has 0 unspecified atom stereocenters. The van der Waals surface area contributed by atoms with Crippen LogP contribution in [-0.2, 0) is 13.0 Å². The van der Waals surface area contributed by atoms with Crippen molar-refractivity contribution < 1.29 is 4.74 Å². The van der Waals surface area contributed by atoms with Crippen LogP contribution in [0.3, 0.4) is 0 Å². The van der Waals surface area contributed by atoms with E-state index in [1.807, 2.05) is 24.3 Å². The number of hydrogen-bond donors (Lipinski definition) is 1. The van der Waals surface area contributed by atoms with Crippen molar-refractivity contribution in [3.63, 3.8) is 0 Å². The third-order valence-corrected chi connectivity index (χ3v) is 4.16. The standard InChI is InChI=1S/C17H19ClN2O/c1-21-17-7-4-14(18)9-13(17)11-20-8-2-3-12-10-15(19)5-6-16(12)20/h4-7,9-10H,2-3,8,11,19H2,1H3. The Balaban J connectivity index is 1.92. The summed E-state index contributed by atoms with van der Waals surface area (Å²) in [5.74, 6) is 0.877. The Morgan fingerprint density at radius 2 is 2.10 bits per heavy atom. The maximum Gasteiger partial charge on any atom is 0.123 e. The Bertz CT molecular complexity index is 657. The number of nitrogens with zero attached hydrogens (tertiary/aromatic N) is 1. The molecule has 3 nitrogen and oxygen atoms in total. The zero-order valence-electron chi connectivity index (χ0n) is 12.1. The van der Waals surface area contributed by atoms with E-state index in [1.165, 1.54) is 11.3 Å². The Hall–Kier alpha value is -1.87. The van der Waals surface area contributed by atoms with Crippen molar-refractivity contribution in [3.05, 3.63) is 52.5 Å². The molecule has 21 heavy (non-hydrogen) atoms. The first-order valence-electron chi connectivity index (χ1n) is 7.13. The van der Waals surface area contributed by atoms with Gasteiger partial charge in [0.05, 0.1) is 7.11 Å². The van der Waals surface area contributed by atoms with E-state index < -0.39 is 0 Å². The fraction of sp³-hybridized carbons (Fsp3) is 0.294. The van der Waals surface area contributed by atoms with Crippen LogP contribution in [0.15, 0.2) is 36.4 Å². The molecule has 2 aromatic rings. The van der Waals surface area contributed by atoms with Crippen LogP contribution in [0.1, 0.15) is 17.5 Å². The van der Waals surface area contributed by atoms with Gasteiger partial charge in [-0.1, -0.05) is 11.6 Å². The van der Waals surface area contributed by atoms with Crippen molar-refractivity contribution in [1.82, 2.24) is 0 Å². The minimum atomic E-state index is 0.736. The molecule has 3 rings (SSSR count). The van der Waals surface area contributed by atoms with Gasteiger partial charge in [-0.2, -0.15) is 0 Å². The van der Waals surface area contributed by atoms with Gasteiger partial charge in [0.1, 0.15) is 5.75 Å². The molecule has 0 amide bonds. The molecule has 1 aliphatic heterocycles. The van der Waals surface area contributed by atoms with Gasteiger partial charge >= 0.3 is 0 Å². The summed E-state index contributed by atoms with van der Waals surface area (Å²) in [7, 11) is 1.69. The molecule has 4 heteroatoms. The lowest BCUT2D eigenvalue weighted by Gasteiger charge is -2.32. The number of fused-ring (bicyclic) bond motifs is 1. The number of hydrogen-bond acceptors (Lipinski definition) is 3. The molecule has 1 heterocycles. The van der Waals surface area contributed by atoms with E-state index in [0.29, 0.717) is 0 Å². The molecular weight excluding hydrogens is 284 g/mol. The Morgan fingerprint density at radius 3 is 2.90 bits per heavy atom. The van der Waals surface area contributed by atoms with Crippen molar-refractivity contribution in [2.45, 2.75) is 19.4 Å². The number of nitrogens with two attached hydrogens (primary N) is 1. The van der Waals surface area contributed by atoms with Crippen LogP contribution in [0, 0.1) is 0 Å². The van der Waals surface area contributed by atoms with Crippen LogP contribution in [0.25, 0.3) is 0 Å². The molecule has 110 valence electrons. The van der Waals surface area contributed by atoms with Crippen molar-refractivity contribution in [2.24, 2.45) is 0 Å². The molecule has 0 atom stereocenters. The monoisotopic (exact) mass is 302 g/mol. The molecular formula is C17H19ClN2O. The zero-order valence-corrected chi connectivity index (χ0v) is 12.9. The number of halogens is 1. The summed E-state index contributed by atoms with van der Waals surface area (Å²) in [6, 6.07) is 11.9. The van der Waals surface area contributed by atoms with Crippen LogP contribution in [0.5, 0.6) is 5.75 Å². The highest BCUT2D eigenvalue weighted by Gasteiger charge is 2.18. The first-order chi connectivity index (χ1) is 10.2. The minimum absolute atomic E-state index is 0.736. The summed E-state index contributed by atoms with van der Waals surface area (Å²) >= 11 is 6.12. The highest BCUT2D eigenvalue weighted by atomic mass is 35.5. The average molecular weight is 303 g/mol. The summed E-state index contributed by atoms with van der Waals surface area (Å²) in [6.07, 6.45) is 2.23. The normalized spacial score (nSPS) is 13.9. The second-order valence-corrected chi connectivity index (χ2v) is 5.81. The van der Waals surface area contributed by atoms with E-state index in [-0.39, 0.29) is 0 Å². The smallest absolute Gasteiger partial charge is 0.123 e. The van der Waals surface area contributed by atoms with Crippen molar-refractivity contribution in [1.29, 1.82) is 0 Å². The quantitative estimate of drug-likeness (QED) is 0.874. The number of methoxy groups -OCH3 is 1. The van der Waals surface area contributed by atoms with Crippen molar-refractivity contribution in [2.75, 3.05) is 24.3 Å². The Morgan fingerprint density at radius 1 is 1.24 bits per heavy atom. The van der Waals surface area contributed by atoms with E-state index >= 15 is 0 Å². The lowest BCUT2D eigenvalue weighted by molar-refractivity contribution is 0.409. The summed E-state index contributed by atoms with van der Waals surface area (Å²) in [5, 5.41) is 0.736. The van der Waals surface area contributed by atoms with E-state index in [2.05, 4.69) is 17.0 Å². The van der Waals surface area contributed by atoms with Gasteiger partial charge in [0.2, 0.25) is 0 Å². The molecule has 1 aliphatic rings. The SMILES string of the molecule is COc1ccc(Cl)cc1CN1CCCc2cc(N)ccc21. The fourth-order valence-electron chi connectivity index (χ4n) is 2.94. The number of rotatable bonds is 3. The van der Waals surface area contributed by atoms with Crippen molar-refractivity contribution in [3.8, 4) is 5.75 Å². The molecule has 0 aromatic heterocycles. The Labute approximate surface area is 130 Å². The van der Waals surface area contributed by atoms with Crippen LogP contribution in [-0.4, -0.2) is 13.7 Å². The number of ether oxygens (including phenoxy) is 1. The molecule has 0 bridgehead atoms. The van der Waals surface area contributed by atoms with E-state index in [9.17, 15) is 0 Å². The topological polar surface area (TPSA) is 38.5 Å². The highest BCUT2D eigenvalue weighted by Crippen LogP contribution is 2.32. The predicted molar refractivity (Wildman–Crippen MR) is 88.2 cm³/mol. The largest absolute Gasteiger partial charge is 0.496 e. The second-order valence-electron chi connectivity index (χ2n) is 5.37. The number of benzene rings is 2.